The Kier molecular flexibility index (Phi) is 7.30. The number of hydrogen-bond acceptors (Lipinski definition) is 3. The van der Waals surface area contributed by atoms with E-state index >= 15 is 0 Å². The number of carbonyl (C=O) groups excluding carboxylic acids is 1. The third-order valence-electron chi connectivity index (χ3n) is 2.59. The van der Waals surface area contributed by atoms with Crippen LogP contribution in [0.3, 0.4) is 0 Å². The smallest absolute Gasteiger partial charge is 0.252 e. The fourth-order valence-electron chi connectivity index (χ4n) is 1.51. The summed E-state index contributed by atoms with van der Waals surface area (Å²) < 4.78 is 5.39. The highest BCUT2D eigenvalue weighted by Crippen LogP contribution is 2.20. The summed E-state index contributed by atoms with van der Waals surface area (Å²) >= 11 is 5.89. The standard InChI is InChI=1S/C14H20ClNO3/c1-2-3-8-19-9-4-7-16-14(18)12-10-11(17)5-6-13(12)15/h5-6,10,17H,2-4,7-9H2,1H3,(H,16,18). The molecular weight excluding hydrogens is 266 g/mol. The first-order valence-corrected chi connectivity index (χ1v) is 6.87. The summed E-state index contributed by atoms with van der Waals surface area (Å²) in [4.78, 5) is 11.8. The van der Waals surface area contributed by atoms with Crippen LogP contribution in [0.25, 0.3) is 0 Å². The quantitative estimate of drug-likeness (QED) is 0.722. The van der Waals surface area contributed by atoms with Gasteiger partial charge in [0.1, 0.15) is 5.75 Å². The summed E-state index contributed by atoms with van der Waals surface area (Å²) in [7, 11) is 0. The van der Waals surface area contributed by atoms with E-state index in [1.165, 1.54) is 18.2 Å². The molecule has 0 aliphatic carbocycles. The molecule has 0 aliphatic rings. The van der Waals surface area contributed by atoms with Crippen molar-refractivity contribution in [2.45, 2.75) is 26.2 Å². The van der Waals surface area contributed by atoms with Crippen LogP contribution in [-0.2, 0) is 4.74 Å². The molecule has 0 saturated carbocycles. The zero-order valence-electron chi connectivity index (χ0n) is 11.1. The second-order valence-corrected chi connectivity index (χ2v) is 4.65. The van der Waals surface area contributed by atoms with Crippen molar-refractivity contribution in [1.82, 2.24) is 5.32 Å². The average Bonchev–Trinajstić information content (AvgIpc) is 2.40. The highest BCUT2D eigenvalue weighted by atomic mass is 35.5. The second-order valence-electron chi connectivity index (χ2n) is 4.24. The molecule has 1 amide bonds. The molecule has 0 spiro atoms. The fourth-order valence-corrected chi connectivity index (χ4v) is 1.71. The molecule has 0 radical (unpaired) electrons. The number of unbranched alkanes of at least 4 members (excludes halogenated alkanes) is 1. The monoisotopic (exact) mass is 285 g/mol. The molecule has 106 valence electrons. The number of nitrogens with one attached hydrogen (secondary N) is 1. The van der Waals surface area contributed by atoms with Gasteiger partial charge in [-0.1, -0.05) is 24.9 Å². The van der Waals surface area contributed by atoms with Gasteiger partial charge in [-0.3, -0.25) is 4.79 Å². The first-order valence-electron chi connectivity index (χ1n) is 6.49. The normalized spacial score (nSPS) is 10.4. The highest BCUT2D eigenvalue weighted by molar-refractivity contribution is 6.33. The predicted octanol–water partition coefficient (Wildman–Crippen LogP) is 2.98. The van der Waals surface area contributed by atoms with E-state index in [1.54, 1.807) is 0 Å². The SMILES string of the molecule is CCCCOCCCNC(=O)c1cc(O)ccc1Cl. The summed E-state index contributed by atoms with van der Waals surface area (Å²) in [5.74, 6) is -0.257. The molecule has 1 aromatic rings. The Morgan fingerprint density at radius 2 is 2.11 bits per heavy atom. The van der Waals surface area contributed by atoms with Crippen molar-refractivity contribution in [3.8, 4) is 5.75 Å². The average molecular weight is 286 g/mol. The molecule has 0 atom stereocenters. The van der Waals surface area contributed by atoms with Crippen LogP contribution in [0.5, 0.6) is 5.75 Å². The first kappa shape index (κ1) is 15.8. The minimum atomic E-state index is -0.283. The maximum atomic E-state index is 11.8. The molecule has 0 saturated heterocycles. The van der Waals surface area contributed by atoms with Gasteiger partial charge in [-0.05, 0) is 31.0 Å². The number of carbonyl (C=O) groups is 1. The third-order valence-corrected chi connectivity index (χ3v) is 2.92. The summed E-state index contributed by atoms with van der Waals surface area (Å²) in [6.07, 6.45) is 2.93. The van der Waals surface area contributed by atoms with Crippen LogP contribution in [0.15, 0.2) is 18.2 Å². The Hall–Kier alpha value is -1.26. The van der Waals surface area contributed by atoms with Gasteiger partial charge in [0.2, 0.25) is 0 Å². The van der Waals surface area contributed by atoms with Crippen molar-refractivity contribution in [2.24, 2.45) is 0 Å². The van der Waals surface area contributed by atoms with E-state index in [2.05, 4.69) is 12.2 Å². The maximum absolute atomic E-state index is 11.8. The molecule has 0 fully saturated rings. The van der Waals surface area contributed by atoms with E-state index in [0.717, 1.165) is 25.9 Å². The summed E-state index contributed by atoms with van der Waals surface area (Å²) in [6.45, 7) is 4.04. The number of phenolic OH excluding ortho intramolecular Hbond substituents is 1. The number of ether oxygens (including phenoxy) is 1. The van der Waals surface area contributed by atoms with Crippen molar-refractivity contribution in [3.63, 3.8) is 0 Å². The first-order chi connectivity index (χ1) is 9.15. The van der Waals surface area contributed by atoms with Crippen molar-refractivity contribution in [3.05, 3.63) is 28.8 Å². The molecular formula is C14H20ClNO3. The van der Waals surface area contributed by atoms with Gasteiger partial charge in [0.25, 0.3) is 5.91 Å². The van der Waals surface area contributed by atoms with E-state index in [0.29, 0.717) is 18.2 Å². The number of aromatic hydroxyl groups is 1. The summed E-state index contributed by atoms with van der Waals surface area (Å²) in [5, 5.41) is 12.4. The summed E-state index contributed by atoms with van der Waals surface area (Å²) in [5.41, 5.74) is 0.286. The molecule has 1 rings (SSSR count). The Balaban J connectivity index is 2.26. The van der Waals surface area contributed by atoms with Crippen molar-refractivity contribution in [1.29, 1.82) is 0 Å². The van der Waals surface area contributed by atoms with Crippen LogP contribution in [-0.4, -0.2) is 30.8 Å². The van der Waals surface area contributed by atoms with Crippen LogP contribution in [0.1, 0.15) is 36.5 Å². The zero-order valence-corrected chi connectivity index (χ0v) is 11.9. The van der Waals surface area contributed by atoms with E-state index in [9.17, 15) is 9.90 Å². The lowest BCUT2D eigenvalue weighted by molar-refractivity contribution is 0.0940. The van der Waals surface area contributed by atoms with Gasteiger partial charge >= 0.3 is 0 Å². The minimum absolute atomic E-state index is 0.0254. The van der Waals surface area contributed by atoms with E-state index in [-0.39, 0.29) is 17.2 Å². The van der Waals surface area contributed by atoms with E-state index < -0.39 is 0 Å². The molecule has 0 unspecified atom stereocenters. The lowest BCUT2D eigenvalue weighted by atomic mass is 10.2. The molecule has 0 aromatic heterocycles. The number of benzene rings is 1. The van der Waals surface area contributed by atoms with Crippen LogP contribution >= 0.6 is 11.6 Å². The van der Waals surface area contributed by atoms with Crippen LogP contribution in [0.4, 0.5) is 0 Å². The zero-order chi connectivity index (χ0) is 14.1. The number of rotatable bonds is 8. The van der Waals surface area contributed by atoms with Gasteiger partial charge in [-0.25, -0.2) is 0 Å². The van der Waals surface area contributed by atoms with Gasteiger partial charge in [-0.15, -0.1) is 0 Å². The number of amides is 1. The van der Waals surface area contributed by atoms with Gasteiger partial charge in [0, 0.05) is 19.8 Å². The molecule has 0 bridgehead atoms. The van der Waals surface area contributed by atoms with Crippen molar-refractivity contribution >= 4 is 17.5 Å². The van der Waals surface area contributed by atoms with Crippen LogP contribution < -0.4 is 5.32 Å². The third kappa shape index (κ3) is 5.94. The fraction of sp³-hybridized carbons (Fsp3) is 0.500. The van der Waals surface area contributed by atoms with Gasteiger partial charge in [0.05, 0.1) is 10.6 Å². The van der Waals surface area contributed by atoms with Gasteiger partial charge < -0.3 is 15.2 Å². The van der Waals surface area contributed by atoms with E-state index in [4.69, 9.17) is 16.3 Å². The van der Waals surface area contributed by atoms with Crippen molar-refractivity contribution in [2.75, 3.05) is 19.8 Å². The predicted molar refractivity (Wildman–Crippen MR) is 75.8 cm³/mol. The molecule has 4 nitrogen and oxygen atoms in total. The Labute approximate surface area is 118 Å². The molecule has 0 heterocycles. The Bertz CT molecular complexity index is 410. The number of phenols is 1. The Morgan fingerprint density at radius 1 is 1.37 bits per heavy atom. The van der Waals surface area contributed by atoms with E-state index in [1.807, 2.05) is 0 Å². The molecule has 19 heavy (non-hydrogen) atoms. The molecule has 0 aliphatic heterocycles. The minimum Gasteiger partial charge on any atom is -0.508 e. The molecule has 5 heteroatoms. The topological polar surface area (TPSA) is 58.6 Å². The lowest BCUT2D eigenvalue weighted by Gasteiger charge is -2.07. The van der Waals surface area contributed by atoms with Crippen LogP contribution in [0, 0.1) is 0 Å². The Morgan fingerprint density at radius 3 is 2.84 bits per heavy atom. The lowest BCUT2D eigenvalue weighted by Crippen LogP contribution is -2.25. The van der Waals surface area contributed by atoms with Gasteiger partial charge in [-0.2, -0.15) is 0 Å². The molecule has 1 aromatic carbocycles. The highest BCUT2D eigenvalue weighted by Gasteiger charge is 2.10. The number of hydrogen-bond donors (Lipinski definition) is 2. The molecule has 2 N–H and O–H groups in total. The largest absolute Gasteiger partial charge is 0.508 e. The van der Waals surface area contributed by atoms with Gasteiger partial charge in [0.15, 0.2) is 0 Å². The summed E-state index contributed by atoms with van der Waals surface area (Å²) in [6, 6.07) is 4.30. The maximum Gasteiger partial charge on any atom is 0.252 e. The van der Waals surface area contributed by atoms with Crippen LogP contribution in [0.2, 0.25) is 5.02 Å². The van der Waals surface area contributed by atoms with Crippen molar-refractivity contribution < 1.29 is 14.6 Å². The second kappa shape index (κ2) is 8.77. The number of halogens is 1.